The van der Waals surface area contributed by atoms with E-state index in [1.165, 1.54) is 0 Å². The molecule has 1 atom stereocenters. The first kappa shape index (κ1) is 21.5. The zero-order valence-corrected chi connectivity index (χ0v) is 17.2. The molecule has 2 saturated heterocycles. The summed E-state index contributed by atoms with van der Waals surface area (Å²) in [6.07, 6.45) is 0.784. The van der Waals surface area contributed by atoms with Crippen LogP contribution in [-0.4, -0.2) is 91.2 Å². The number of likely N-dealkylation sites (tertiary alicyclic amines) is 1. The third kappa shape index (κ3) is 5.34. The van der Waals surface area contributed by atoms with Gasteiger partial charge < -0.3 is 24.2 Å². The maximum Gasteiger partial charge on any atom is 0.410 e. The molecule has 0 aromatic rings. The van der Waals surface area contributed by atoms with Crippen LogP contribution in [0.3, 0.4) is 0 Å². The van der Waals surface area contributed by atoms with E-state index in [-0.39, 0.29) is 17.9 Å². The van der Waals surface area contributed by atoms with Gasteiger partial charge in [0.25, 0.3) is 0 Å². The van der Waals surface area contributed by atoms with Crippen LogP contribution in [0.5, 0.6) is 0 Å². The lowest BCUT2D eigenvalue weighted by Crippen LogP contribution is -2.55. The molecule has 0 aliphatic carbocycles. The Labute approximate surface area is 161 Å². The Morgan fingerprint density at radius 1 is 0.963 bits per heavy atom. The number of carbonyl (C=O) groups is 3. The van der Waals surface area contributed by atoms with Crippen molar-refractivity contribution in [3.63, 3.8) is 0 Å². The van der Waals surface area contributed by atoms with E-state index in [0.717, 1.165) is 0 Å². The number of amides is 3. The largest absolute Gasteiger partial charge is 0.444 e. The average Bonchev–Trinajstić information content (AvgIpc) is 3.04. The first-order valence-corrected chi connectivity index (χ1v) is 9.60. The molecule has 154 valence electrons. The van der Waals surface area contributed by atoms with Gasteiger partial charge in [-0.3, -0.25) is 9.59 Å². The quantitative estimate of drug-likeness (QED) is 0.732. The summed E-state index contributed by atoms with van der Waals surface area (Å²) in [5.74, 6) is 0.0852. The van der Waals surface area contributed by atoms with Crippen LogP contribution in [0.2, 0.25) is 0 Å². The molecule has 2 fully saturated rings. The predicted molar refractivity (Wildman–Crippen MR) is 100 cm³/mol. The Balaban J connectivity index is 2.07. The summed E-state index contributed by atoms with van der Waals surface area (Å²) in [4.78, 5) is 42.5. The fourth-order valence-corrected chi connectivity index (χ4v) is 3.70. The highest BCUT2D eigenvalue weighted by molar-refractivity contribution is 5.85. The van der Waals surface area contributed by atoms with E-state index < -0.39 is 11.0 Å². The lowest BCUT2D eigenvalue weighted by molar-refractivity contribution is -0.147. The van der Waals surface area contributed by atoms with Crippen LogP contribution in [0.4, 0.5) is 4.79 Å². The molecular formula is C19H33N3O5. The van der Waals surface area contributed by atoms with Gasteiger partial charge in [-0.1, -0.05) is 0 Å². The smallest absolute Gasteiger partial charge is 0.410 e. The Hall–Kier alpha value is -1.83. The number of methoxy groups -OCH3 is 1. The predicted octanol–water partition coefficient (Wildman–Crippen LogP) is 1.34. The first-order chi connectivity index (χ1) is 12.6. The highest BCUT2D eigenvalue weighted by atomic mass is 16.6. The minimum Gasteiger partial charge on any atom is -0.444 e. The molecule has 2 aliphatic heterocycles. The van der Waals surface area contributed by atoms with Crippen LogP contribution in [0.15, 0.2) is 0 Å². The minimum atomic E-state index is -0.648. The van der Waals surface area contributed by atoms with Gasteiger partial charge in [0.15, 0.2) is 0 Å². The van der Waals surface area contributed by atoms with Gasteiger partial charge in [-0.25, -0.2) is 4.79 Å². The highest BCUT2D eigenvalue weighted by Gasteiger charge is 2.48. The topological polar surface area (TPSA) is 79.4 Å². The molecule has 8 heteroatoms. The van der Waals surface area contributed by atoms with Gasteiger partial charge in [-0.05, 0) is 33.6 Å². The fraction of sp³-hybridized carbons (Fsp3) is 0.842. The molecule has 0 aromatic heterocycles. The number of hydrogen-bond donors (Lipinski definition) is 0. The van der Waals surface area contributed by atoms with E-state index in [9.17, 15) is 14.4 Å². The SMILES string of the molecule is COCC[C@@]1(C(=O)N2CCN(C(C)=O)CC2)CCN(C(=O)OC(C)(C)C)C1. The summed E-state index contributed by atoms with van der Waals surface area (Å²) in [7, 11) is 1.62. The van der Waals surface area contributed by atoms with Crippen LogP contribution in [-0.2, 0) is 19.1 Å². The number of rotatable bonds is 4. The zero-order valence-electron chi connectivity index (χ0n) is 17.2. The van der Waals surface area contributed by atoms with Crippen LogP contribution in [0.1, 0.15) is 40.5 Å². The molecule has 0 unspecified atom stereocenters. The van der Waals surface area contributed by atoms with Crippen LogP contribution in [0, 0.1) is 5.41 Å². The molecular weight excluding hydrogens is 350 g/mol. The summed E-state index contributed by atoms with van der Waals surface area (Å²) in [5, 5.41) is 0. The minimum absolute atomic E-state index is 0.0353. The second-order valence-electron chi connectivity index (χ2n) is 8.47. The van der Waals surface area contributed by atoms with Crippen molar-refractivity contribution in [1.82, 2.24) is 14.7 Å². The Morgan fingerprint density at radius 2 is 1.56 bits per heavy atom. The van der Waals surface area contributed by atoms with E-state index in [1.54, 1.807) is 23.8 Å². The van der Waals surface area contributed by atoms with E-state index >= 15 is 0 Å². The molecule has 8 nitrogen and oxygen atoms in total. The number of hydrogen-bond acceptors (Lipinski definition) is 5. The fourth-order valence-electron chi connectivity index (χ4n) is 3.70. The third-order valence-electron chi connectivity index (χ3n) is 5.26. The second kappa shape index (κ2) is 8.46. The van der Waals surface area contributed by atoms with Gasteiger partial charge in [-0.2, -0.15) is 0 Å². The van der Waals surface area contributed by atoms with Crippen molar-refractivity contribution in [2.75, 3.05) is 53.0 Å². The van der Waals surface area contributed by atoms with Crippen molar-refractivity contribution in [2.45, 2.75) is 46.1 Å². The number of nitrogens with zero attached hydrogens (tertiary/aromatic N) is 3. The number of ether oxygens (including phenoxy) is 2. The maximum atomic E-state index is 13.3. The van der Waals surface area contributed by atoms with E-state index in [2.05, 4.69) is 0 Å². The van der Waals surface area contributed by atoms with Crippen molar-refractivity contribution in [3.05, 3.63) is 0 Å². The number of piperazine rings is 1. The van der Waals surface area contributed by atoms with Crippen molar-refractivity contribution in [1.29, 1.82) is 0 Å². The molecule has 2 rings (SSSR count). The summed E-state index contributed by atoms with van der Waals surface area (Å²) in [6.45, 7) is 10.5. The normalized spacial score (nSPS) is 23.5. The zero-order chi connectivity index (χ0) is 20.2. The standard InChI is InChI=1S/C19H33N3O5/c1-15(23)20-9-11-21(12-10-20)16(24)19(7-13-26-5)6-8-22(14-19)17(25)27-18(2,3)4/h6-14H2,1-5H3/t19-/m0/s1. The van der Waals surface area contributed by atoms with Gasteiger partial charge in [-0.15, -0.1) is 0 Å². The molecule has 2 heterocycles. The summed E-state index contributed by atoms with van der Waals surface area (Å²) in [6, 6.07) is 0. The van der Waals surface area contributed by atoms with Crippen molar-refractivity contribution in [3.8, 4) is 0 Å². The number of carbonyl (C=O) groups excluding carboxylic acids is 3. The first-order valence-electron chi connectivity index (χ1n) is 9.60. The monoisotopic (exact) mass is 383 g/mol. The highest BCUT2D eigenvalue weighted by Crippen LogP contribution is 2.37. The second-order valence-corrected chi connectivity index (χ2v) is 8.47. The summed E-state index contributed by atoms with van der Waals surface area (Å²) >= 11 is 0. The molecule has 0 N–H and O–H groups in total. The van der Waals surface area contributed by atoms with Gasteiger partial charge in [0.1, 0.15) is 5.60 Å². The lowest BCUT2D eigenvalue weighted by Gasteiger charge is -2.39. The molecule has 0 radical (unpaired) electrons. The van der Waals surface area contributed by atoms with Crippen molar-refractivity contribution in [2.24, 2.45) is 5.41 Å². The van der Waals surface area contributed by atoms with Gasteiger partial charge in [0, 0.05) is 59.9 Å². The Kier molecular flexibility index (Phi) is 6.72. The van der Waals surface area contributed by atoms with E-state index in [4.69, 9.17) is 9.47 Å². The summed E-state index contributed by atoms with van der Waals surface area (Å²) in [5.41, 5.74) is -1.22. The third-order valence-corrected chi connectivity index (χ3v) is 5.26. The average molecular weight is 383 g/mol. The van der Waals surface area contributed by atoms with Crippen LogP contribution in [0.25, 0.3) is 0 Å². The summed E-state index contributed by atoms with van der Waals surface area (Å²) < 4.78 is 10.7. The molecule has 0 saturated carbocycles. The molecule has 3 amide bonds. The van der Waals surface area contributed by atoms with E-state index in [0.29, 0.717) is 58.7 Å². The molecule has 27 heavy (non-hydrogen) atoms. The molecule has 0 bridgehead atoms. The Morgan fingerprint density at radius 3 is 2.07 bits per heavy atom. The van der Waals surface area contributed by atoms with Crippen molar-refractivity contribution < 1.29 is 23.9 Å². The van der Waals surface area contributed by atoms with Crippen LogP contribution >= 0.6 is 0 Å². The maximum absolute atomic E-state index is 13.3. The van der Waals surface area contributed by atoms with Gasteiger partial charge >= 0.3 is 6.09 Å². The molecule has 0 spiro atoms. The molecule has 2 aliphatic rings. The van der Waals surface area contributed by atoms with Gasteiger partial charge in [0.2, 0.25) is 11.8 Å². The van der Waals surface area contributed by atoms with Crippen LogP contribution < -0.4 is 0 Å². The van der Waals surface area contributed by atoms with E-state index in [1.807, 2.05) is 25.7 Å². The van der Waals surface area contributed by atoms with Gasteiger partial charge in [0.05, 0.1) is 5.41 Å². The Bertz CT molecular complexity index is 566. The lowest BCUT2D eigenvalue weighted by atomic mass is 9.82. The van der Waals surface area contributed by atoms with Crippen molar-refractivity contribution >= 4 is 17.9 Å². The molecule has 0 aromatic carbocycles.